The number of nitrogens with two attached hydrogens (primary N) is 1. The van der Waals surface area contributed by atoms with E-state index in [2.05, 4.69) is 5.10 Å². The number of benzene rings is 1. The second kappa shape index (κ2) is 4.79. The lowest BCUT2D eigenvalue weighted by molar-refractivity contribution is 0.0698. The number of methoxy groups -OCH3 is 1. The number of aromatic nitrogens is 2. The first-order valence-corrected chi connectivity index (χ1v) is 5.29. The first-order valence-electron chi connectivity index (χ1n) is 5.29. The zero-order chi connectivity index (χ0) is 13.1. The van der Waals surface area contributed by atoms with Gasteiger partial charge in [0.2, 0.25) is 0 Å². The van der Waals surface area contributed by atoms with Gasteiger partial charge in [-0.2, -0.15) is 5.10 Å². The minimum absolute atomic E-state index is 0.0119. The van der Waals surface area contributed by atoms with Crippen LogP contribution in [-0.2, 0) is 6.54 Å². The molecule has 0 unspecified atom stereocenters. The molecule has 0 amide bonds. The highest BCUT2D eigenvalue weighted by molar-refractivity contribution is 5.92. The van der Waals surface area contributed by atoms with Crippen LogP contribution in [0.2, 0.25) is 0 Å². The van der Waals surface area contributed by atoms with Crippen LogP contribution in [0.25, 0.3) is 0 Å². The molecule has 6 nitrogen and oxygen atoms in total. The molecule has 0 aliphatic rings. The summed E-state index contributed by atoms with van der Waals surface area (Å²) in [6.45, 7) is 0.399. The van der Waals surface area contributed by atoms with Crippen molar-refractivity contribution >= 4 is 11.8 Å². The molecule has 2 rings (SSSR count). The van der Waals surface area contributed by atoms with Crippen LogP contribution in [0.3, 0.4) is 0 Å². The molecule has 1 aromatic heterocycles. The Bertz CT molecular complexity index is 578. The maximum Gasteiger partial charge on any atom is 0.341 e. The molecule has 0 saturated heterocycles. The molecule has 0 radical (unpaired) electrons. The number of nitrogens with zero attached hydrogens (tertiary/aromatic N) is 2. The van der Waals surface area contributed by atoms with E-state index in [1.807, 2.05) is 24.3 Å². The second-order valence-corrected chi connectivity index (χ2v) is 3.76. The zero-order valence-electron chi connectivity index (χ0n) is 9.83. The number of carboxylic acid groups (broad SMARTS) is 1. The highest BCUT2D eigenvalue weighted by atomic mass is 16.5. The van der Waals surface area contributed by atoms with E-state index in [1.54, 1.807) is 7.11 Å². The minimum atomic E-state index is -1.08. The van der Waals surface area contributed by atoms with Crippen molar-refractivity contribution in [3.8, 4) is 5.75 Å². The molecule has 0 aliphatic carbocycles. The predicted octanol–water partition coefficient (Wildman–Crippen LogP) is 1.22. The van der Waals surface area contributed by atoms with Crippen molar-refractivity contribution in [2.24, 2.45) is 0 Å². The molecule has 0 bridgehead atoms. The van der Waals surface area contributed by atoms with Crippen molar-refractivity contribution in [2.75, 3.05) is 12.8 Å². The fourth-order valence-corrected chi connectivity index (χ4v) is 1.63. The van der Waals surface area contributed by atoms with E-state index in [0.29, 0.717) is 6.54 Å². The third kappa shape index (κ3) is 2.27. The van der Waals surface area contributed by atoms with Crippen LogP contribution >= 0.6 is 0 Å². The molecule has 0 aliphatic heterocycles. The molecule has 0 fully saturated rings. The van der Waals surface area contributed by atoms with Crippen LogP contribution in [0.4, 0.5) is 5.82 Å². The Morgan fingerprint density at radius 3 is 2.94 bits per heavy atom. The Balaban J connectivity index is 2.26. The smallest absolute Gasteiger partial charge is 0.341 e. The molecule has 94 valence electrons. The largest absolute Gasteiger partial charge is 0.497 e. The van der Waals surface area contributed by atoms with Gasteiger partial charge in [0.15, 0.2) is 0 Å². The highest BCUT2D eigenvalue weighted by Gasteiger charge is 2.13. The van der Waals surface area contributed by atoms with Crippen LogP contribution < -0.4 is 10.5 Å². The van der Waals surface area contributed by atoms with Crippen molar-refractivity contribution in [1.29, 1.82) is 0 Å². The fourth-order valence-electron chi connectivity index (χ4n) is 1.63. The summed E-state index contributed by atoms with van der Waals surface area (Å²) in [6.07, 6.45) is 1.25. The summed E-state index contributed by atoms with van der Waals surface area (Å²) in [5.41, 5.74) is 6.65. The highest BCUT2D eigenvalue weighted by Crippen LogP contribution is 2.16. The van der Waals surface area contributed by atoms with Crippen molar-refractivity contribution in [1.82, 2.24) is 9.78 Å². The third-order valence-corrected chi connectivity index (χ3v) is 2.58. The van der Waals surface area contributed by atoms with Gasteiger partial charge >= 0.3 is 5.97 Å². The number of aromatic carboxylic acids is 1. The molecular formula is C12H13N3O3. The van der Waals surface area contributed by atoms with Gasteiger partial charge in [-0.15, -0.1) is 0 Å². The van der Waals surface area contributed by atoms with Gasteiger partial charge in [-0.25, -0.2) is 9.48 Å². The fraction of sp³-hybridized carbons (Fsp3) is 0.167. The van der Waals surface area contributed by atoms with Crippen LogP contribution in [-0.4, -0.2) is 28.0 Å². The summed E-state index contributed by atoms with van der Waals surface area (Å²) in [5.74, 6) is -0.202. The van der Waals surface area contributed by atoms with E-state index in [-0.39, 0.29) is 11.4 Å². The number of nitrogen functional groups attached to an aromatic ring is 1. The van der Waals surface area contributed by atoms with Crippen molar-refractivity contribution < 1.29 is 14.6 Å². The lowest BCUT2D eigenvalue weighted by Gasteiger charge is -2.06. The molecular weight excluding hydrogens is 234 g/mol. The minimum Gasteiger partial charge on any atom is -0.497 e. The van der Waals surface area contributed by atoms with Gasteiger partial charge in [0.25, 0.3) is 0 Å². The van der Waals surface area contributed by atoms with Gasteiger partial charge in [-0.3, -0.25) is 0 Å². The number of hydrogen-bond acceptors (Lipinski definition) is 4. The van der Waals surface area contributed by atoms with Crippen molar-refractivity contribution in [3.05, 3.63) is 41.6 Å². The standard InChI is InChI=1S/C12H13N3O3/c1-18-9-4-2-3-8(5-9)7-15-11(13)10(6-14-15)12(16)17/h2-6H,7,13H2,1H3,(H,16,17). The molecule has 0 atom stereocenters. The van der Waals surface area contributed by atoms with E-state index < -0.39 is 5.97 Å². The maximum absolute atomic E-state index is 10.8. The van der Waals surface area contributed by atoms with Crippen LogP contribution in [0.1, 0.15) is 15.9 Å². The quantitative estimate of drug-likeness (QED) is 0.847. The average Bonchev–Trinajstić information content (AvgIpc) is 2.71. The summed E-state index contributed by atoms with van der Waals surface area (Å²) < 4.78 is 6.55. The van der Waals surface area contributed by atoms with Crippen molar-refractivity contribution in [2.45, 2.75) is 6.54 Å². The molecule has 6 heteroatoms. The number of anilines is 1. The van der Waals surface area contributed by atoms with Gasteiger partial charge in [0.05, 0.1) is 19.9 Å². The maximum atomic E-state index is 10.8. The molecule has 2 aromatic rings. The molecule has 3 N–H and O–H groups in total. The Labute approximate surface area is 104 Å². The Morgan fingerprint density at radius 2 is 2.33 bits per heavy atom. The summed E-state index contributed by atoms with van der Waals surface area (Å²) in [5, 5.41) is 12.8. The van der Waals surface area contributed by atoms with Crippen LogP contribution in [0.15, 0.2) is 30.5 Å². The molecule has 1 aromatic carbocycles. The number of carboxylic acids is 1. The predicted molar refractivity (Wildman–Crippen MR) is 65.7 cm³/mol. The normalized spacial score (nSPS) is 10.3. The lowest BCUT2D eigenvalue weighted by Crippen LogP contribution is -2.08. The Hall–Kier alpha value is -2.50. The number of carbonyl (C=O) groups is 1. The van der Waals surface area contributed by atoms with Crippen LogP contribution in [0.5, 0.6) is 5.75 Å². The van der Waals surface area contributed by atoms with E-state index in [1.165, 1.54) is 10.9 Å². The summed E-state index contributed by atoms with van der Waals surface area (Å²) in [7, 11) is 1.59. The van der Waals surface area contributed by atoms with E-state index in [4.69, 9.17) is 15.6 Å². The van der Waals surface area contributed by atoms with Gasteiger partial charge in [-0.1, -0.05) is 12.1 Å². The first kappa shape index (κ1) is 12.0. The molecule has 0 saturated carbocycles. The number of ether oxygens (including phenoxy) is 1. The van der Waals surface area contributed by atoms with Crippen molar-refractivity contribution in [3.63, 3.8) is 0 Å². The van der Waals surface area contributed by atoms with E-state index >= 15 is 0 Å². The molecule has 1 heterocycles. The molecule has 0 spiro atoms. The summed E-state index contributed by atoms with van der Waals surface area (Å²) in [4.78, 5) is 10.8. The van der Waals surface area contributed by atoms with Crippen LogP contribution in [0, 0.1) is 0 Å². The van der Waals surface area contributed by atoms with Gasteiger partial charge < -0.3 is 15.6 Å². The summed E-state index contributed by atoms with van der Waals surface area (Å²) in [6, 6.07) is 7.43. The Kier molecular flexibility index (Phi) is 3.18. The van der Waals surface area contributed by atoms with E-state index in [9.17, 15) is 4.79 Å². The molecule has 18 heavy (non-hydrogen) atoms. The average molecular weight is 247 g/mol. The summed E-state index contributed by atoms with van der Waals surface area (Å²) >= 11 is 0. The first-order chi connectivity index (χ1) is 8.61. The van der Waals surface area contributed by atoms with Gasteiger partial charge in [0.1, 0.15) is 17.1 Å². The van der Waals surface area contributed by atoms with Gasteiger partial charge in [0, 0.05) is 0 Å². The van der Waals surface area contributed by atoms with E-state index in [0.717, 1.165) is 11.3 Å². The lowest BCUT2D eigenvalue weighted by atomic mass is 10.2. The topological polar surface area (TPSA) is 90.4 Å². The zero-order valence-corrected chi connectivity index (χ0v) is 9.83. The Morgan fingerprint density at radius 1 is 1.56 bits per heavy atom. The second-order valence-electron chi connectivity index (χ2n) is 3.76. The monoisotopic (exact) mass is 247 g/mol. The van der Waals surface area contributed by atoms with Gasteiger partial charge in [-0.05, 0) is 17.7 Å². The third-order valence-electron chi connectivity index (χ3n) is 2.58. The SMILES string of the molecule is COc1cccc(Cn2ncc(C(=O)O)c2N)c1. The number of hydrogen-bond donors (Lipinski definition) is 2. The number of rotatable bonds is 4.